The Morgan fingerprint density at radius 1 is 1.17 bits per heavy atom. The minimum absolute atomic E-state index is 0.143. The van der Waals surface area contributed by atoms with Crippen LogP contribution in [0.2, 0.25) is 0 Å². The predicted molar refractivity (Wildman–Crippen MR) is 87.9 cm³/mol. The first-order valence-corrected chi connectivity index (χ1v) is 7.35. The molecule has 0 radical (unpaired) electrons. The Hall–Kier alpha value is -2.82. The number of fused-ring (bicyclic) bond motifs is 1. The van der Waals surface area contributed by atoms with Crippen molar-refractivity contribution in [1.29, 1.82) is 0 Å². The fourth-order valence-electron chi connectivity index (χ4n) is 2.36. The summed E-state index contributed by atoms with van der Waals surface area (Å²) < 4.78 is 19.5. The van der Waals surface area contributed by atoms with Gasteiger partial charge in [-0.1, -0.05) is 24.3 Å². The third-order valence-corrected chi connectivity index (χ3v) is 3.59. The molecule has 1 unspecified atom stereocenters. The monoisotopic (exact) mass is 312 g/mol. The van der Waals surface area contributed by atoms with Crippen LogP contribution in [0.1, 0.15) is 24.3 Å². The van der Waals surface area contributed by atoms with Gasteiger partial charge in [0.1, 0.15) is 17.2 Å². The highest BCUT2D eigenvalue weighted by Crippen LogP contribution is 2.23. The third kappa shape index (κ3) is 3.34. The van der Waals surface area contributed by atoms with Gasteiger partial charge in [-0.05, 0) is 43.7 Å². The lowest BCUT2D eigenvalue weighted by atomic mass is 10.2. The molecular weight excluding hydrogens is 295 g/mol. The van der Waals surface area contributed by atoms with Crippen LogP contribution in [0.5, 0.6) is 0 Å². The summed E-state index contributed by atoms with van der Waals surface area (Å²) in [4.78, 5) is 12.0. The predicted octanol–water partition coefficient (Wildman–Crippen LogP) is 4.76. The van der Waals surface area contributed by atoms with Crippen molar-refractivity contribution in [2.75, 3.05) is 5.32 Å². The van der Waals surface area contributed by atoms with Crippen LogP contribution in [-0.2, 0) is 0 Å². The van der Waals surface area contributed by atoms with Crippen molar-refractivity contribution in [2.45, 2.75) is 19.9 Å². The first kappa shape index (κ1) is 15.1. The highest BCUT2D eigenvalue weighted by molar-refractivity contribution is 5.89. The molecule has 0 saturated heterocycles. The fraction of sp³-hybridized carbons (Fsp3) is 0.167. The molecule has 0 spiro atoms. The first-order chi connectivity index (χ1) is 11.0. The van der Waals surface area contributed by atoms with Gasteiger partial charge in [0, 0.05) is 5.39 Å². The number of anilines is 1. The van der Waals surface area contributed by atoms with Crippen LogP contribution in [0, 0.1) is 12.7 Å². The molecule has 0 aliphatic carbocycles. The van der Waals surface area contributed by atoms with Gasteiger partial charge in [0.05, 0.1) is 11.7 Å². The Bertz CT molecular complexity index is 824. The molecule has 0 aliphatic heterocycles. The number of rotatable bonds is 3. The number of hydrogen-bond donors (Lipinski definition) is 2. The van der Waals surface area contributed by atoms with Gasteiger partial charge in [-0.2, -0.15) is 0 Å². The van der Waals surface area contributed by atoms with Crippen LogP contribution >= 0.6 is 0 Å². The molecule has 1 aromatic heterocycles. The molecule has 23 heavy (non-hydrogen) atoms. The largest absolute Gasteiger partial charge is 0.459 e. The summed E-state index contributed by atoms with van der Waals surface area (Å²) in [6, 6.07) is 13.3. The molecule has 0 aliphatic rings. The number of hydrogen-bond acceptors (Lipinski definition) is 2. The maximum atomic E-state index is 13.7. The summed E-state index contributed by atoms with van der Waals surface area (Å²) in [6.45, 7) is 3.60. The van der Waals surface area contributed by atoms with Crippen molar-refractivity contribution in [3.63, 3.8) is 0 Å². The fourth-order valence-corrected chi connectivity index (χ4v) is 2.36. The molecule has 4 nitrogen and oxygen atoms in total. The van der Waals surface area contributed by atoms with Gasteiger partial charge in [-0.15, -0.1) is 0 Å². The summed E-state index contributed by atoms with van der Waals surface area (Å²) in [7, 11) is 0. The van der Waals surface area contributed by atoms with E-state index in [-0.39, 0.29) is 11.7 Å². The normalized spacial score (nSPS) is 12.1. The Morgan fingerprint density at radius 2 is 1.96 bits per heavy atom. The standard InChI is InChI=1S/C18H17FN2O2/c1-11-7-8-15(14(19)9-11)21-18(22)20-12(2)17-10-13-5-3-4-6-16(13)23-17/h3-10,12H,1-2H3,(H2,20,21,22). The van der Waals surface area contributed by atoms with Crippen LogP contribution < -0.4 is 10.6 Å². The number of nitrogens with one attached hydrogen (secondary N) is 2. The molecular formula is C18H17FN2O2. The molecule has 3 rings (SSSR count). The number of aryl methyl sites for hydroxylation is 1. The topological polar surface area (TPSA) is 54.3 Å². The van der Waals surface area contributed by atoms with Crippen LogP contribution in [0.25, 0.3) is 11.0 Å². The Kier molecular flexibility index (Phi) is 4.02. The van der Waals surface area contributed by atoms with Gasteiger partial charge in [0.2, 0.25) is 0 Å². The first-order valence-electron chi connectivity index (χ1n) is 7.35. The van der Waals surface area contributed by atoms with E-state index in [0.717, 1.165) is 16.5 Å². The van der Waals surface area contributed by atoms with Gasteiger partial charge in [-0.25, -0.2) is 9.18 Å². The highest BCUT2D eigenvalue weighted by atomic mass is 19.1. The van der Waals surface area contributed by atoms with E-state index in [2.05, 4.69) is 10.6 Å². The number of amides is 2. The number of para-hydroxylation sites is 1. The molecule has 2 amide bonds. The second-order valence-electron chi connectivity index (χ2n) is 5.49. The average Bonchev–Trinajstić information content (AvgIpc) is 2.94. The van der Waals surface area contributed by atoms with E-state index in [1.807, 2.05) is 37.3 Å². The minimum Gasteiger partial charge on any atom is -0.459 e. The lowest BCUT2D eigenvalue weighted by Crippen LogP contribution is -2.31. The lowest BCUT2D eigenvalue weighted by molar-refractivity contribution is 0.247. The Balaban J connectivity index is 1.69. The molecule has 1 atom stereocenters. The number of halogens is 1. The van der Waals surface area contributed by atoms with E-state index >= 15 is 0 Å². The van der Waals surface area contributed by atoms with E-state index in [4.69, 9.17) is 4.42 Å². The van der Waals surface area contributed by atoms with Crippen LogP contribution in [0.3, 0.4) is 0 Å². The minimum atomic E-state index is -0.485. The number of carbonyl (C=O) groups is 1. The average molecular weight is 312 g/mol. The zero-order valence-corrected chi connectivity index (χ0v) is 12.9. The van der Waals surface area contributed by atoms with Gasteiger partial charge in [0.15, 0.2) is 0 Å². The molecule has 3 aromatic rings. The zero-order valence-electron chi connectivity index (χ0n) is 12.9. The Morgan fingerprint density at radius 3 is 2.70 bits per heavy atom. The smallest absolute Gasteiger partial charge is 0.319 e. The summed E-state index contributed by atoms with van der Waals surface area (Å²) in [5.74, 6) is 0.183. The van der Waals surface area contributed by atoms with Crippen molar-refractivity contribution < 1.29 is 13.6 Å². The molecule has 5 heteroatoms. The van der Waals surface area contributed by atoms with Crippen molar-refractivity contribution in [3.8, 4) is 0 Å². The third-order valence-electron chi connectivity index (χ3n) is 3.59. The van der Waals surface area contributed by atoms with Crippen LogP contribution in [0.15, 0.2) is 52.9 Å². The molecule has 0 fully saturated rings. The van der Waals surface area contributed by atoms with E-state index < -0.39 is 11.8 Å². The van der Waals surface area contributed by atoms with Crippen molar-refractivity contribution in [3.05, 3.63) is 65.7 Å². The molecule has 2 aromatic carbocycles. The number of urea groups is 1. The summed E-state index contributed by atoms with van der Waals surface area (Å²) in [5, 5.41) is 6.22. The van der Waals surface area contributed by atoms with Gasteiger partial charge in [-0.3, -0.25) is 0 Å². The van der Waals surface area contributed by atoms with Crippen molar-refractivity contribution in [1.82, 2.24) is 5.32 Å². The van der Waals surface area contributed by atoms with Gasteiger partial charge in [0.25, 0.3) is 0 Å². The summed E-state index contributed by atoms with van der Waals surface area (Å²) in [5.41, 5.74) is 1.70. The zero-order chi connectivity index (χ0) is 16.4. The lowest BCUT2D eigenvalue weighted by Gasteiger charge is -2.13. The number of benzene rings is 2. The molecule has 2 N–H and O–H groups in total. The van der Waals surface area contributed by atoms with Crippen LogP contribution in [0.4, 0.5) is 14.9 Å². The van der Waals surface area contributed by atoms with E-state index in [1.54, 1.807) is 13.0 Å². The SMILES string of the molecule is Cc1ccc(NC(=O)NC(C)c2cc3ccccc3o2)c(F)c1. The van der Waals surface area contributed by atoms with Crippen molar-refractivity contribution >= 4 is 22.7 Å². The van der Waals surface area contributed by atoms with E-state index in [0.29, 0.717) is 5.76 Å². The van der Waals surface area contributed by atoms with Crippen molar-refractivity contribution in [2.24, 2.45) is 0 Å². The quantitative estimate of drug-likeness (QED) is 0.732. The maximum Gasteiger partial charge on any atom is 0.319 e. The summed E-state index contributed by atoms with van der Waals surface area (Å²) >= 11 is 0. The van der Waals surface area contributed by atoms with E-state index in [1.165, 1.54) is 12.1 Å². The molecule has 0 saturated carbocycles. The Labute approximate surface area is 133 Å². The molecule has 0 bridgehead atoms. The number of furan rings is 1. The molecule has 118 valence electrons. The second-order valence-corrected chi connectivity index (χ2v) is 5.49. The second kappa shape index (κ2) is 6.12. The van der Waals surface area contributed by atoms with Crippen LogP contribution in [-0.4, -0.2) is 6.03 Å². The van der Waals surface area contributed by atoms with E-state index in [9.17, 15) is 9.18 Å². The van der Waals surface area contributed by atoms with Gasteiger partial charge >= 0.3 is 6.03 Å². The summed E-state index contributed by atoms with van der Waals surface area (Å²) in [6.07, 6.45) is 0. The number of carbonyl (C=O) groups excluding carboxylic acids is 1. The highest BCUT2D eigenvalue weighted by Gasteiger charge is 2.15. The van der Waals surface area contributed by atoms with Gasteiger partial charge < -0.3 is 15.1 Å². The maximum absolute atomic E-state index is 13.7. The molecule has 1 heterocycles.